The van der Waals surface area contributed by atoms with Gasteiger partial charge in [0, 0.05) is 50.0 Å². The van der Waals surface area contributed by atoms with Gasteiger partial charge in [-0.05, 0) is 62.9 Å². The fourth-order valence-corrected chi connectivity index (χ4v) is 4.88. The molecule has 0 N–H and O–H groups in total. The highest BCUT2D eigenvalue weighted by Crippen LogP contribution is 2.30. The highest BCUT2D eigenvalue weighted by molar-refractivity contribution is 6.30. The predicted octanol–water partition coefficient (Wildman–Crippen LogP) is 4.86. The summed E-state index contributed by atoms with van der Waals surface area (Å²) in [6.45, 7) is 7.93. The molecule has 0 radical (unpaired) electrons. The van der Waals surface area contributed by atoms with E-state index in [1.165, 1.54) is 5.56 Å². The van der Waals surface area contributed by atoms with Gasteiger partial charge in [0.15, 0.2) is 0 Å². The Morgan fingerprint density at radius 3 is 2.47 bits per heavy atom. The highest BCUT2D eigenvalue weighted by atomic mass is 35.5. The van der Waals surface area contributed by atoms with E-state index in [4.69, 9.17) is 21.1 Å². The van der Waals surface area contributed by atoms with Crippen molar-refractivity contribution in [1.29, 1.82) is 0 Å². The van der Waals surface area contributed by atoms with Crippen molar-refractivity contribution in [3.63, 3.8) is 0 Å². The van der Waals surface area contributed by atoms with E-state index in [9.17, 15) is 0 Å². The summed E-state index contributed by atoms with van der Waals surface area (Å²) in [6, 6.07) is 15.3. The van der Waals surface area contributed by atoms with Gasteiger partial charge in [-0.25, -0.2) is 4.98 Å². The van der Waals surface area contributed by atoms with Crippen molar-refractivity contribution in [2.45, 2.75) is 56.9 Å². The van der Waals surface area contributed by atoms with Crippen LogP contribution in [0.4, 0.5) is 5.82 Å². The van der Waals surface area contributed by atoms with Gasteiger partial charge in [0.2, 0.25) is 0 Å². The third-order valence-corrected chi connectivity index (χ3v) is 7.18. The summed E-state index contributed by atoms with van der Waals surface area (Å²) >= 11 is 6.10. The Hall–Kier alpha value is -1.37. The zero-order chi connectivity index (χ0) is 21.8. The first kappa shape index (κ1) is 25.3. The average molecular weight is 480 g/mol. The molecule has 7 heteroatoms. The quantitative estimate of drug-likeness (QED) is 0.590. The van der Waals surface area contributed by atoms with Crippen molar-refractivity contribution in [1.82, 2.24) is 9.88 Å². The van der Waals surface area contributed by atoms with Gasteiger partial charge in [0.05, 0.1) is 18.3 Å². The van der Waals surface area contributed by atoms with Crippen LogP contribution >= 0.6 is 24.0 Å². The minimum absolute atomic E-state index is 0. The van der Waals surface area contributed by atoms with Gasteiger partial charge in [-0.15, -0.1) is 12.4 Å². The molecule has 2 atom stereocenters. The number of nitrogens with zero attached hydrogens (tertiary/aromatic N) is 3. The van der Waals surface area contributed by atoms with Crippen LogP contribution in [0.15, 0.2) is 48.7 Å². The first-order valence-corrected chi connectivity index (χ1v) is 11.7. The molecule has 2 fully saturated rings. The van der Waals surface area contributed by atoms with Crippen LogP contribution < -0.4 is 4.90 Å². The van der Waals surface area contributed by atoms with Crippen molar-refractivity contribution in [2.75, 3.05) is 38.3 Å². The standard InChI is InChI=1S/C25H34ClN3O2.ClH/c1-25(2,30-3)23-17-29(22(18-31-23)16-19-7-9-20(26)10-8-19)21-11-14-28(15-12-21)24-6-4-5-13-27-24;/h4-10,13,21-23H,11-12,14-18H2,1-3H3;1H/t22-,23+;/m0./s1. The van der Waals surface area contributed by atoms with E-state index in [2.05, 4.69) is 52.9 Å². The molecular weight excluding hydrogens is 445 g/mol. The predicted molar refractivity (Wildman–Crippen MR) is 133 cm³/mol. The summed E-state index contributed by atoms with van der Waals surface area (Å²) in [5, 5.41) is 0.782. The Labute approximate surface area is 203 Å². The Balaban J connectivity index is 0.00000289. The van der Waals surface area contributed by atoms with Gasteiger partial charge in [-0.3, -0.25) is 4.90 Å². The maximum atomic E-state index is 6.34. The fourth-order valence-electron chi connectivity index (χ4n) is 4.75. The van der Waals surface area contributed by atoms with Crippen molar-refractivity contribution in [3.05, 3.63) is 59.2 Å². The lowest BCUT2D eigenvalue weighted by Gasteiger charge is -2.49. The molecule has 1 aromatic carbocycles. The Morgan fingerprint density at radius 1 is 1.12 bits per heavy atom. The van der Waals surface area contributed by atoms with Crippen LogP contribution in [0.3, 0.4) is 0 Å². The molecule has 4 rings (SSSR count). The molecule has 32 heavy (non-hydrogen) atoms. The number of ether oxygens (including phenoxy) is 2. The third-order valence-electron chi connectivity index (χ3n) is 6.93. The van der Waals surface area contributed by atoms with Crippen molar-refractivity contribution in [2.24, 2.45) is 0 Å². The monoisotopic (exact) mass is 479 g/mol. The van der Waals surface area contributed by atoms with Gasteiger partial charge in [0.1, 0.15) is 5.82 Å². The normalized spacial score (nSPS) is 23.1. The smallest absolute Gasteiger partial charge is 0.128 e. The molecule has 3 heterocycles. The molecule has 2 aromatic rings. The molecule has 0 saturated carbocycles. The van der Waals surface area contributed by atoms with Gasteiger partial charge in [0.25, 0.3) is 0 Å². The number of hydrogen-bond donors (Lipinski definition) is 0. The number of methoxy groups -OCH3 is 1. The van der Waals surface area contributed by atoms with E-state index < -0.39 is 0 Å². The largest absolute Gasteiger partial charge is 0.376 e. The van der Waals surface area contributed by atoms with E-state index in [1.54, 1.807) is 7.11 Å². The second-order valence-corrected chi connectivity index (χ2v) is 9.65. The van der Waals surface area contributed by atoms with E-state index in [0.29, 0.717) is 12.1 Å². The summed E-state index contributed by atoms with van der Waals surface area (Å²) in [4.78, 5) is 9.64. The second-order valence-electron chi connectivity index (χ2n) is 9.22. The van der Waals surface area contributed by atoms with E-state index in [0.717, 1.165) is 56.3 Å². The molecule has 1 aromatic heterocycles. The van der Waals surface area contributed by atoms with Crippen LogP contribution in [0.5, 0.6) is 0 Å². The average Bonchev–Trinajstić information content (AvgIpc) is 2.81. The lowest BCUT2D eigenvalue weighted by molar-refractivity contribution is -0.165. The third kappa shape index (κ3) is 5.95. The van der Waals surface area contributed by atoms with E-state index >= 15 is 0 Å². The molecule has 0 unspecified atom stereocenters. The number of rotatable bonds is 6. The van der Waals surface area contributed by atoms with Crippen molar-refractivity contribution >= 4 is 29.8 Å². The van der Waals surface area contributed by atoms with Crippen LogP contribution in [0.1, 0.15) is 32.3 Å². The number of benzene rings is 1. The Kier molecular flexibility index (Phi) is 8.82. The van der Waals surface area contributed by atoms with Crippen LogP contribution in [0.2, 0.25) is 5.02 Å². The summed E-state index contributed by atoms with van der Waals surface area (Å²) in [7, 11) is 1.78. The van der Waals surface area contributed by atoms with Gasteiger partial charge < -0.3 is 14.4 Å². The molecule has 176 valence electrons. The van der Waals surface area contributed by atoms with Gasteiger partial charge >= 0.3 is 0 Å². The Bertz CT molecular complexity index is 827. The van der Waals surface area contributed by atoms with Crippen LogP contribution in [0.25, 0.3) is 0 Å². The second kappa shape index (κ2) is 11.2. The minimum atomic E-state index is -0.307. The molecular formula is C25H35Cl2N3O2. The Morgan fingerprint density at radius 2 is 1.84 bits per heavy atom. The summed E-state index contributed by atoms with van der Waals surface area (Å²) in [5.41, 5.74) is 0.997. The lowest BCUT2D eigenvalue weighted by atomic mass is 9.92. The SMILES string of the molecule is COC(C)(C)[C@H]1CN(C2CCN(c3ccccn3)CC2)[C@@H](Cc2ccc(Cl)cc2)CO1.Cl. The molecule has 2 aliphatic heterocycles. The first-order chi connectivity index (χ1) is 15.0. The van der Waals surface area contributed by atoms with Crippen LogP contribution in [-0.4, -0.2) is 67.0 Å². The number of pyridine rings is 1. The van der Waals surface area contributed by atoms with Crippen molar-refractivity contribution in [3.8, 4) is 0 Å². The first-order valence-electron chi connectivity index (χ1n) is 11.3. The molecule has 0 aliphatic carbocycles. The van der Waals surface area contributed by atoms with Gasteiger partial charge in [-0.2, -0.15) is 0 Å². The van der Waals surface area contributed by atoms with Gasteiger partial charge in [-0.1, -0.05) is 29.8 Å². The maximum absolute atomic E-state index is 6.34. The zero-order valence-corrected chi connectivity index (χ0v) is 20.8. The van der Waals surface area contributed by atoms with E-state index in [1.807, 2.05) is 24.4 Å². The number of morpholine rings is 1. The number of halogens is 2. The number of piperidine rings is 1. The summed E-state index contributed by atoms with van der Waals surface area (Å²) < 4.78 is 12.1. The topological polar surface area (TPSA) is 37.8 Å². The minimum Gasteiger partial charge on any atom is -0.376 e. The highest BCUT2D eigenvalue weighted by Gasteiger charge is 2.41. The van der Waals surface area contributed by atoms with Crippen LogP contribution in [0, 0.1) is 0 Å². The molecule has 2 saturated heterocycles. The number of anilines is 1. The van der Waals surface area contributed by atoms with Crippen molar-refractivity contribution < 1.29 is 9.47 Å². The molecule has 2 aliphatic rings. The molecule has 0 spiro atoms. The lowest BCUT2D eigenvalue weighted by Crippen LogP contribution is -2.61. The van der Waals surface area contributed by atoms with Crippen LogP contribution in [-0.2, 0) is 15.9 Å². The number of aromatic nitrogens is 1. The molecule has 0 bridgehead atoms. The number of hydrogen-bond acceptors (Lipinski definition) is 5. The maximum Gasteiger partial charge on any atom is 0.128 e. The zero-order valence-electron chi connectivity index (χ0n) is 19.2. The molecule has 0 amide bonds. The van der Waals surface area contributed by atoms with E-state index in [-0.39, 0.29) is 24.1 Å². The fraction of sp³-hybridized carbons (Fsp3) is 0.560. The summed E-state index contributed by atoms with van der Waals surface area (Å²) in [5.74, 6) is 1.08. The summed E-state index contributed by atoms with van der Waals surface area (Å²) in [6.07, 6.45) is 5.18. The molecule has 5 nitrogen and oxygen atoms in total.